The molecule has 0 spiro atoms. The number of carbonyl (C=O) groups is 2. The van der Waals surface area contributed by atoms with Crippen LogP contribution in [0, 0.1) is 5.92 Å². The van der Waals surface area contributed by atoms with Crippen LogP contribution in [0.1, 0.15) is 6.92 Å². The second-order valence-electron chi connectivity index (χ2n) is 4.57. The number of β-lactam (4-membered cyclic amide) rings is 1. The Bertz CT molecular complexity index is 599. The number of aliphatic hydroxyl groups is 1. The van der Waals surface area contributed by atoms with Gasteiger partial charge in [-0.2, -0.15) is 0 Å². The molecule has 10 heteroatoms. The molecule has 0 bridgehead atoms. The van der Waals surface area contributed by atoms with Gasteiger partial charge in [0.05, 0.1) is 18.6 Å². The van der Waals surface area contributed by atoms with Crippen molar-refractivity contribution in [3.8, 4) is 0 Å². The average molecular weight is 297 g/mol. The highest BCUT2D eigenvalue weighted by Crippen LogP contribution is 2.50. The highest BCUT2D eigenvalue weighted by Gasteiger charge is 2.57. The third-order valence-corrected chi connectivity index (χ3v) is 4.62. The van der Waals surface area contributed by atoms with Crippen LogP contribution in [-0.2, 0) is 16.1 Å². The van der Waals surface area contributed by atoms with Gasteiger partial charge in [-0.15, -0.1) is 5.10 Å². The summed E-state index contributed by atoms with van der Waals surface area (Å²) in [7, 11) is 0. The van der Waals surface area contributed by atoms with E-state index in [0.717, 1.165) is 0 Å². The Morgan fingerprint density at radius 2 is 2.35 bits per heavy atom. The third-order valence-electron chi connectivity index (χ3n) is 3.27. The number of rotatable bonds is 4. The molecule has 1 saturated heterocycles. The molecular formula is C10H11N5O4S. The fraction of sp³-hybridized carbons (Fsp3) is 0.500. The van der Waals surface area contributed by atoms with Gasteiger partial charge in [0.15, 0.2) is 0 Å². The SMILES string of the molecule is CC(O)[C@H]1C(=O)N2C(C(=O)O)=C(Cn3cnnn3)S[C@H]12. The number of fused-ring (bicyclic) bond motifs is 1. The predicted molar refractivity (Wildman–Crippen MR) is 65.9 cm³/mol. The first-order valence-electron chi connectivity index (χ1n) is 5.85. The number of thioether (sulfide) groups is 1. The quantitative estimate of drug-likeness (QED) is 0.670. The van der Waals surface area contributed by atoms with E-state index in [1.807, 2.05) is 0 Å². The second kappa shape index (κ2) is 4.56. The second-order valence-corrected chi connectivity index (χ2v) is 5.78. The van der Waals surface area contributed by atoms with Gasteiger partial charge in [-0.05, 0) is 17.4 Å². The summed E-state index contributed by atoms with van der Waals surface area (Å²) in [6, 6.07) is 0. The first kappa shape index (κ1) is 13.1. The maximum absolute atomic E-state index is 12.0. The van der Waals surface area contributed by atoms with Crippen molar-refractivity contribution in [2.45, 2.75) is 24.9 Å². The Hall–Kier alpha value is -1.94. The van der Waals surface area contributed by atoms with Crippen molar-refractivity contribution < 1.29 is 19.8 Å². The van der Waals surface area contributed by atoms with Crippen LogP contribution in [0.2, 0.25) is 0 Å². The topological polar surface area (TPSA) is 121 Å². The molecule has 1 unspecified atom stereocenters. The lowest BCUT2D eigenvalue weighted by Gasteiger charge is -2.43. The molecule has 106 valence electrons. The number of carboxylic acid groups (broad SMARTS) is 1. The first-order chi connectivity index (χ1) is 9.50. The summed E-state index contributed by atoms with van der Waals surface area (Å²) in [5.41, 5.74) is -0.0441. The number of allylic oxidation sites excluding steroid dienone is 1. The van der Waals surface area contributed by atoms with Gasteiger partial charge in [0, 0.05) is 4.91 Å². The van der Waals surface area contributed by atoms with Gasteiger partial charge >= 0.3 is 5.97 Å². The number of amides is 1. The molecule has 0 saturated carbocycles. The number of hydrogen-bond donors (Lipinski definition) is 2. The Morgan fingerprint density at radius 1 is 1.60 bits per heavy atom. The van der Waals surface area contributed by atoms with Crippen molar-refractivity contribution in [3.63, 3.8) is 0 Å². The molecule has 0 aromatic carbocycles. The highest BCUT2D eigenvalue weighted by molar-refractivity contribution is 8.04. The molecule has 1 aromatic rings. The van der Waals surface area contributed by atoms with Crippen LogP contribution in [0.4, 0.5) is 0 Å². The lowest BCUT2D eigenvalue weighted by molar-refractivity contribution is -0.156. The summed E-state index contributed by atoms with van der Waals surface area (Å²) >= 11 is 1.26. The van der Waals surface area contributed by atoms with Crippen molar-refractivity contribution >= 4 is 23.6 Å². The fourth-order valence-electron chi connectivity index (χ4n) is 2.36. The van der Waals surface area contributed by atoms with Crippen LogP contribution >= 0.6 is 11.8 Å². The van der Waals surface area contributed by atoms with E-state index in [2.05, 4.69) is 15.5 Å². The van der Waals surface area contributed by atoms with E-state index in [9.17, 15) is 19.8 Å². The van der Waals surface area contributed by atoms with E-state index in [4.69, 9.17) is 0 Å². The van der Waals surface area contributed by atoms with Gasteiger partial charge in [-0.25, -0.2) is 9.48 Å². The van der Waals surface area contributed by atoms with Crippen LogP contribution in [-0.4, -0.2) is 58.7 Å². The maximum Gasteiger partial charge on any atom is 0.353 e. The molecule has 0 aliphatic carbocycles. The van der Waals surface area contributed by atoms with E-state index in [-0.39, 0.29) is 23.5 Å². The van der Waals surface area contributed by atoms with E-state index in [0.29, 0.717) is 4.91 Å². The van der Waals surface area contributed by atoms with E-state index >= 15 is 0 Å². The number of aliphatic hydroxyl groups excluding tert-OH is 1. The zero-order chi connectivity index (χ0) is 14.4. The van der Waals surface area contributed by atoms with Crippen LogP contribution in [0.15, 0.2) is 16.9 Å². The van der Waals surface area contributed by atoms with Crippen LogP contribution < -0.4 is 0 Å². The molecule has 2 N–H and O–H groups in total. The van der Waals surface area contributed by atoms with Gasteiger partial charge in [0.25, 0.3) is 0 Å². The maximum atomic E-state index is 12.0. The van der Waals surface area contributed by atoms with E-state index in [1.165, 1.54) is 34.6 Å². The molecule has 1 aromatic heterocycles. The standard InChI is InChI=1S/C10H11N5O4S/c1-4(16)6-8(17)15-7(10(18)19)5(20-9(6)15)2-14-3-11-12-13-14/h3-4,6,9,16H,2H2,1H3,(H,18,19)/t4?,6-,9+/m0/s1. The molecule has 1 fully saturated rings. The molecule has 3 rings (SSSR count). The number of nitrogens with zero attached hydrogens (tertiary/aromatic N) is 5. The summed E-state index contributed by atoms with van der Waals surface area (Å²) in [5.74, 6) is -2.09. The smallest absolute Gasteiger partial charge is 0.353 e. The zero-order valence-corrected chi connectivity index (χ0v) is 11.2. The molecule has 9 nitrogen and oxygen atoms in total. The molecule has 3 atom stereocenters. The van der Waals surface area contributed by atoms with Gasteiger partial charge < -0.3 is 10.2 Å². The van der Waals surface area contributed by atoms with Crippen molar-refractivity contribution in [1.29, 1.82) is 0 Å². The highest BCUT2D eigenvalue weighted by atomic mass is 32.2. The summed E-state index contributed by atoms with van der Waals surface area (Å²) in [4.78, 5) is 25.1. The summed E-state index contributed by atoms with van der Waals surface area (Å²) < 4.78 is 1.39. The Morgan fingerprint density at radius 3 is 2.90 bits per heavy atom. The fourth-order valence-corrected chi connectivity index (χ4v) is 3.97. The van der Waals surface area contributed by atoms with Crippen molar-refractivity contribution in [2.24, 2.45) is 5.92 Å². The Labute approximate surface area is 117 Å². The summed E-state index contributed by atoms with van der Waals surface area (Å²) in [5, 5.41) is 29.2. The minimum absolute atomic E-state index is 0.0441. The lowest BCUT2D eigenvalue weighted by Crippen LogP contribution is -2.60. The van der Waals surface area contributed by atoms with Gasteiger partial charge in [-0.3, -0.25) is 9.69 Å². The number of aromatic nitrogens is 4. The first-order valence-corrected chi connectivity index (χ1v) is 6.73. The van der Waals surface area contributed by atoms with Gasteiger partial charge in [0.1, 0.15) is 17.4 Å². The molecule has 2 aliphatic rings. The minimum atomic E-state index is -1.17. The normalized spacial score (nSPS) is 26.5. The minimum Gasteiger partial charge on any atom is -0.477 e. The molecule has 0 radical (unpaired) electrons. The van der Waals surface area contributed by atoms with Crippen molar-refractivity contribution in [1.82, 2.24) is 25.1 Å². The van der Waals surface area contributed by atoms with Crippen molar-refractivity contribution in [2.75, 3.05) is 0 Å². The third kappa shape index (κ3) is 1.79. The van der Waals surface area contributed by atoms with Gasteiger partial charge in [0.2, 0.25) is 5.91 Å². The van der Waals surface area contributed by atoms with Crippen LogP contribution in [0.5, 0.6) is 0 Å². The lowest BCUT2D eigenvalue weighted by atomic mass is 9.92. The largest absolute Gasteiger partial charge is 0.477 e. The Kier molecular flexibility index (Phi) is 2.98. The number of aliphatic carboxylic acids is 1. The molecule has 3 heterocycles. The van der Waals surface area contributed by atoms with Crippen molar-refractivity contribution in [3.05, 3.63) is 16.9 Å². The zero-order valence-electron chi connectivity index (χ0n) is 10.4. The summed E-state index contributed by atoms with van der Waals surface area (Å²) in [6.45, 7) is 1.71. The van der Waals surface area contributed by atoms with E-state index < -0.39 is 18.0 Å². The Balaban J connectivity index is 1.89. The number of tetrazole rings is 1. The average Bonchev–Trinajstić information content (AvgIpc) is 2.95. The number of carboxylic acids is 1. The molecule has 20 heavy (non-hydrogen) atoms. The predicted octanol–water partition coefficient (Wildman–Crippen LogP) is -1.12. The van der Waals surface area contributed by atoms with Gasteiger partial charge in [-0.1, -0.05) is 11.8 Å². The molecular weight excluding hydrogens is 286 g/mol. The number of hydrogen-bond acceptors (Lipinski definition) is 7. The summed E-state index contributed by atoms with van der Waals surface area (Å²) in [6.07, 6.45) is 0.565. The van der Waals surface area contributed by atoms with Crippen LogP contribution in [0.3, 0.4) is 0 Å². The molecule has 1 amide bonds. The molecule has 2 aliphatic heterocycles. The van der Waals surface area contributed by atoms with E-state index in [1.54, 1.807) is 0 Å². The number of carbonyl (C=O) groups excluding carboxylic acids is 1. The van der Waals surface area contributed by atoms with Crippen LogP contribution in [0.25, 0.3) is 0 Å². The monoisotopic (exact) mass is 297 g/mol.